The summed E-state index contributed by atoms with van der Waals surface area (Å²) in [7, 11) is 0. The first-order valence-electron chi connectivity index (χ1n) is 13.7. The highest BCUT2D eigenvalue weighted by atomic mass is 32.1. The van der Waals surface area contributed by atoms with E-state index in [1.165, 1.54) is 23.3 Å². The zero-order chi connectivity index (χ0) is 29.0. The molecular formula is C31H35FN4O4S. The Kier molecular flexibility index (Phi) is 8.82. The molecule has 0 bridgehead atoms. The predicted octanol–water partition coefficient (Wildman–Crippen LogP) is 6.04. The van der Waals surface area contributed by atoms with E-state index in [1.807, 2.05) is 0 Å². The molecule has 216 valence electrons. The Morgan fingerprint density at radius 1 is 1.05 bits per heavy atom. The molecule has 0 atom stereocenters. The first kappa shape index (κ1) is 28.9. The highest BCUT2D eigenvalue weighted by molar-refractivity contribution is 7.19. The summed E-state index contributed by atoms with van der Waals surface area (Å²) in [6, 6.07) is 13.1. The van der Waals surface area contributed by atoms with Crippen molar-refractivity contribution in [2.45, 2.75) is 46.3 Å². The quantitative estimate of drug-likeness (QED) is 0.234. The van der Waals surface area contributed by atoms with Gasteiger partial charge in [0.25, 0.3) is 0 Å². The van der Waals surface area contributed by atoms with E-state index in [-0.39, 0.29) is 13.2 Å². The van der Waals surface area contributed by atoms with Crippen molar-refractivity contribution in [3.63, 3.8) is 0 Å². The number of aryl methyl sites for hydroxylation is 1. The van der Waals surface area contributed by atoms with E-state index < -0.39 is 17.5 Å². The molecule has 2 N–H and O–H groups in total. The van der Waals surface area contributed by atoms with E-state index in [0.29, 0.717) is 30.2 Å². The molecule has 10 heteroatoms. The van der Waals surface area contributed by atoms with Gasteiger partial charge in [0.15, 0.2) is 0 Å². The number of ether oxygens (including phenoxy) is 3. The van der Waals surface area contributed by atoms with Crippen molar-refractivity contribution >= 4 is 27.5 Å². The van der Waals surface area contributed by atoms with Crippen molar-refractivity contribution in [3.05, 3.63) is 64.3 Å². The average Bonchev–Trinajstić information content (AvgIpc) is 3.32. The maximum Gasteiger partial charge on any atom is 0.407 e. The van der Waals surface area contributed by atoms with E-state index >= 15 is 0 Å². The van der Waals surface area contributed by atoms with Gasteiger partial charge < -0.3 is 24.8 Å². The Hall–Kier alpha value is -3.60. The van der Waals surface area contributed by atoms with E-state index in [4.69, 9.17) is 14.2 Å². The third kappa shape index (κ3) is 7.19. The van der Waals surface area contributed by atoms with Crippen LogP contribution < -0.4 is 15.4 Å². The van der Waals surface area contributed by atoms with Crippen molar-refractivity contribution in [3.8, 4) is 28.3 Å². The SMILES string of the molecule is Cc1cc2c(-c3ccc4c(c3)CCNC4)nnc(-c3ccc(F)cc3OCCOCCNC(=O)OC(C)(C)C)c2s1. The third-order valence-corrected chi connectivity index (χ3v) is 7.60. The van der Waals surface area contributed by atoms with Crippen molar-refractivity contribution in [1.29, 1.82) is 0 Å². The molecule has 5 rings (SSSR count). The van der Waals surface area contributed by atoms with E-state index in [2.05, 4.69) is 52.0 Å². The summed E-state index contributed by atoms with van der Waals surface area (Å²) in [4.78, 5) is 12.9. The van der Waals surface area contributed by atoms with Crippen LogP contribution in [-0.4, -0.2) is 54.8 Å². The summed E-state index contributed by atoms with van der Waals surface area (Å²) in [6.07, 6.45) is 0.494. The maximum atomic E-state index is 14.3. The van der Waals surface area contributed by atoms with Crippen LogP contribution in [0, 0.1) is 12.7 Å². The van der Waals surface area contributed by atoms with Gasteiger partial charge in [-0.2, -0.15) is 0 Å². The number of alkyl carbamates (subject to hydrolysis) is 1. The largest absolute Gasteiger partial charge is 0.490 e. The molecular weight excluding hydrogens is 543 g/mol. The summed E-state index contributed by atoms with van der Waals surface area (Å²) in [6.45, 7) is 10.4. The topological polar surface area (TPSA) is 94.6 Å². The number of carbonyl (C=O) groups excluding carboxylic acids is 1. The first-order valence-corrected chi connectivity index (χ1v) is 14.6. The smallest absolute Gasteiger partial charge is 0.407 e. The first-order chi connectivity index (χ1) is 19.7. The second-order valence-corrected chi connectivity index (χ2v) is 12.2. The minimum atomic E-state index is -0.557. The molecule has 1 amide bonds. The van der Waals surface area contributed by atoms with Gasteiger partial charge in [0, 0.05) is 40.5 Å². The molecule has 1 aliphatic rings. The van der Waals surface area contributed by atoms with Crippen LogP contribution in [0.5, 0.6) is 5.75 Å². The third-order valence-electron chi connectivity index (χ3n) is 6.54. The van der Waals surface area contributed by atoms with Gasteiger partial charge in [-0.15, -0.1) is 21.5 Å². The highest BCUT2D eigenvalue weighted by Crippen LogP contribution is 2.41. The van der Waals surface area contributed by atoms with Crippen LogP contribution in [0.2, 0.25) is 0 Å². The van der Waals surface area contributed by atoms with Gasteiger partial charge in [-0.05, 0) is 76.1 Å². The van der Waals surface area contributed by atoms with Gasteiger partial charge in [0.05, 0.1) is 17.9 Å². The number of halogens is 1. The summed E-state index contributed by atoms with van der Waals surface area (Å²) in [5.41, 5.74) is 5.30. The molecule has 0 saturated heterocycles. The molecule has 0 aliphatic carbocycles. The Morgan fingerprint density at radius 3 is 2.71 bits per heavy atom. The average molecular weight is 579 g/mol. The highest BCUT2D eigenvalue weighted by Gasteiger charge is 2.20. The van der Waals surface area contributed by atoms with Crippen molar-refractivity contribution in [1.82, 2.24) is 20.8 Å². The Morgan fingerprint density at radius 2 is 1.88 bits per heavy atom. The molecule has 0 spiro atoms. The van der Waals surface area contributed by atoms with Crippen molar-refractivity contribution in [2.24, 2.45) is 0 Å². The Balaban J connectivity index is 1.30. The van der Waals surface area contributed by atoms with Gasteiger partial charge >= 0.3 is 6.09 Å². The van der Waals surface area contributed by atoms with Crippen LogP contribution in [0.25, 0.3) is 32.6 Å². The lowest BCUT2D eigenvalue weighted by molar-refractivity contribution is 0.0489. The van der Waals surface area contributed by atoms with Crippen LogP contribution in [0.15, 0.2) is 42.5 Å². The number of hydrogen-bond donors (Lipinski definition) is 2. The summed E-state index contributed by atoms with van der Waals surface area (Å²) >= 11 is 1.64. The zero-order valence-electron chi connectivity index (χ0n) is 23.8. The number of carbonyl (C=O) groups is 1. The monoisotopic (exact) mass is 578 g/mol. The van der Waals surface area contributed by atoms with Crippen LogP contribution >= 0.6 is 11.3 Å². The number of amides is 1. The lowest BCUT2D eigenvalue weighted by Gasteiger charge is -2.19. The molecule has 0 fully saturated rings. The fourth-order valence-corrected chi connectivity index (χ4v) is 5.75. The summed E-state index contributed by atoms with van der Waals surface area (Å²) in [5, 5.41) is 16.4. The molecule has 2 aromatic heterocycles. The van der Waals surface area contributed by atoms with Crippen molar-refractivity contribution in [2.75, 3.05) is 32.9 Å². The van der Waals surface area contributed by atoms with Crippen LogP contribution in [-0.2, 0) is 22.4 Å². The van der Waals surface area contributed by atoms with Gasteiger partial charge in [-0.1, -0.05) is 12.1 Å². The predicted molar refractivity (Wildman–Crippen MR) is 159 cm³/mol. The molecule has 3 heterocycles. The fraction of sp³-hybridized carbons (Fsp3) is 0.387. The Labute approximate surface area is 243 Å². The van der Waals surface area contributed by atoms with E-state index in [9.17, 15) is 9.18 Å². The van der Waals surface area contributed by atoms with E-state index in [1.54, 1.807) is 38.2 Å². The maximum absolute atomic E-state index is 14.3. The van der Waals surface area contributed by atoms with Gasteiger partial charge in [-0.25, -0.2) is 9.18 Å². The molecule has 41 heavy (non-hydrogen) atoms. The molecule has 0 radical (unpaired) electrons. The minimum Gasteiger partial charge on any atom is -0.490 e. The molecule has 4 aromatic rings. The van der Waals surface area contributed by atoms with Gasteiger partial charge in [-0.3, -0.25) is 0 Å². The molecule has 0 unspecified atom stereocenters. The van der Waals surface area contributed by atoms with Crippen LogP contribution in [0.3, 0.4) is 0 Å². The minimum absolute atomic E-state index is 0.199. The van der Waals surface area contributed by atoms with Crippen LogP contribution in [0.1, 0.15) is 36.8 Å². The van der Waals surface area contributed by atoms with Crippen LogP contribution in [0.4, 0.5) is 9.18 Å². The zero-order valence-corrected chi connectivity index (χ0v) is 24.6. The van der Waals surface area contributed by atoms with Gasteiger partial charge in [0.1, 0.15) is 35.2 Å². The number of nitrogens with one attached hydrogen (secondary N) is 2. The lowest BCUT2D eigenvalue weighted by atomic mass is 9.96. The number of thiophene rings is 1. The number of aromatic nitrogens is 2. The fourth-order valence-electron chi connectivity index (χ4n) is 4.74. The normalized spacial score (nSPS) is 13.2. The second kappa shape index (κ2) is 12.5. The number of fused-ring (bicyclic) bond motifs is 2. The lowest BCUT2D eigenvalue weighted by Crippen LogP contribution is -2.34. The molecule has 1 aliphatic heterocycles. The Bertz CT molecular complexity index is 1550. The standard InChI is InChI=1S/C31H35FN4O4S/c1-19-15-25-27(21-5-6-22-18-33-10-9-20(22)16-21)35-36-28(29(25)41-19)24-8-7-23(32)17-26(24)39-14-13-38-12-11-34-30(37)40-31(2,3)4/h5-8,15-17,33H,9-14,18H2,1-4H3,(H,34,37). The number of benzene rings is 2. The van der Waals surface area contributed by atoms with Gasteiger partial charge in [0.2, 0.25) is 0 Å². The second-order valence-electron chi connectivity index (χ2n) is 10.9. The summed E-state index contributed by atoms with van der Waals surface area (Å²) in [5.74, 6) is -0.0332. The molecule has 2 aromatic carbocycles. The summed E-state index contributed by atoms with van der Waals surface area (Å²) < 4.78 is 32.0. The van der Waals surface area contributed by atoms with Crippen molar-refractivity contribution < 1.29 is 23.4 Å². The number of rotatable bonds is 9. The molecule has 8 nitrogen and oxygen atoms in total. The number of nitrogens with zero attached hydrogens (tertiary/aromatic N) is 2. The van der Waals surface area contributed by atoms with E-state index in [0.717, 1.165) is 45.7 Å². The molecule has 0 saturated carbocycles. The number of hydrogen-bond acceptors (Lipinski definition) is 8.